The number of hydrogen-bond acceptors (Lipinski definition) is 3. The number of nitrogens with zero attached hydrogens (tertiary/aromatic N) is 4. The average Bonchev–Trinajstić information content (AvgIpc) is 3.07. The second kappa shape index (κ2) is 8.97. The van der Waals surface area contributed by atoms with Crippen LogP contribution in [-0.2, 0) is 13.5 Å². The van der Waals surface area contributed by atoms with E-state index in [9.17, 15) is 4.79 Å². The molecule has 0 spiro atoms. The highest BCUT2D eigenvalue weighted by Gasteiger charge is 2.30. The summed E-state index contributed by atoms with van der Waals surface area (Å²) in [6.45, 7) is 6.68. The van der Waals surface area contributed by atoms with Crippen molar-refractivity contribution in [1.82, 2.24) is 14.4 Å². The van der Waals surface area contributed by atoms with Gasteiger partial charge in [-0.1, -0.05) is 29.3 Å². The predicted molar refractivity (Wildman–Crippen MR) is 132 cm³/mol. The van der Waals surface area contributed by atoms with Gasteiger partial charge in [0.15, 0.2) is 0 Å². The maximum absolute atomic E-state index is 13.2. The van der Waals surface area contributed by atoms with Gasteiger partial charge in [-0.3, -0.25) is 9.69 Å². The number of fused-ring (bicyclic) bond motifs is 3. The van der Waals surface area contributed by atoms with Crippen molar-refractivity contribution in [3.05, 3.63) is 63.8 Å². The number of benzene rings is 2. The summed E-state index contributed by atoms with van der Waals surface area (Å²) in [5.41, 5.74) is 4.24. The summed E-state index contributed by atoms with van der Waals surface area (Å²) in [5.74, 6) is 0.145. The Hall–Kier alpha value is -2.21. The van der Waals surface area contributed by atoms with Crippen LogP contribution in [0.3, 0.4) is 0 Å². The molecule has 0 N–H and O–H groups in total. The van der Waals surface area contributed by atoms with Gasteiger partial charge >= 0.3 is 0 Å². The highest BCUT2D eigenvalue weighted by molar-refractivity contribution is 6.31. The lowest BCUT2D eigenvalue weighted by Crippen LogP contribution is -2.47. The van der Waals surface area contributed by atoms with Gasteiger partial charge in [0.1, 0.15) is 5.69 Å². The number of anilines is 1. The van der Waals surface area contributed by atoms with Crippen molar-refractivity contribution in [2.24, 2.45) is 7.05 Å². The van der Waals surface area contributed by atoms with Crippen molar-refractivity contribution in [2.75, 3.05) is 50.7 Å². The lowest BCUT2D eigenvalue weighted by atomic mass is 10.0. The third kappa shape index (κ3) is 4.09. The van der Waals surface area contributed by atoms with Crippen LogP contribution in [0.5, 0.6) is 0 Å². The van der Waals surface area contributed by atoms with Crippen molar-refractivity contribution in [3.63, 3.8) is 0 Å². The molecule has 1 fully saturated rings. The van der Waals surface area contributed by atoms with Crippen molar-refractivity contribution >= 4 is 45.7 Å². The highest BCUT2D eigenvalue weighted by Crippen LogP contribution is 2.32. The van der Waals surface area contributed by atoms with Crippen molar-refractivity contribution in [3.8, 4) is 0 Å². The Kier molecular flexibility index (Phi) is 6.06. The molecule has 2 aliphatic heterocycles. The number of carbonyl (C=O) groups excluding carboxylic acids is 1. The first kappa shape index (κ1) is 21.6. The van der Waals surface area contributed by atoms with Crippen LogP contribution in [0.4, 0.5) is 5.69 Å². The van der Waals surface area contributed by atoms with Crippen LogP contribution in [0, 0.1) is 0 Å². The summed E-state index contributed by atoms with van der Waals surface area (Å²) in [6.07, 6.45) is 1.88. The molecule has 0 bridgehead atoms. The Bertz CT molecular complexity index is 1150. The second-order valence-electron chi connectivity index (χ2n) is 8.75. The van der Waals surface area contributed by atoms with Crippen molar-refractivity contribution < 1.29 is 4.79 Å². The smallest absolute Gasteiger partial charge is 0.270 e. The van der Waals surface area contributed by atoms with E-state index in [1.54, 1.807) is 0 Å². The summed E-state index contributed by atoms with van der Waals surface area (Å²) in [7, 11) is 1.98. The number of rotatable bonds is 5. The van der Waals surface area contributed by atoms with E-state index < -0.39 is 0 Å². The molecule has 32 heavy (non-hydrogen) atoms. The minimum atomic E-state index is 0.145. The maximum Gasteiger partial charge on any atom is 0.270 e. The maximum atomic E-state index is 13.2. The van der Waals surface area contributed by atoms with Gasteiger partial charge in [-0.15, -0.1) is 0 Å². The Balaban J connectivity index is 1.16. The lowest BCUT2D eigenvalue weighted by molar-refractivity contribution is 0.0721. The first-order valence-electron chi connectivity index (χ1n) is 11.3. The number of hydrogen-bond donors (Lipinski definition) is 0. The molecule has 1 amide bonds. The van der Waals surface area contributed by atoms with Crippen LogP contribution < -0.4 is 4.90 Å². The standard InChI is InChI=1S/C25H28Cl2N4O/c1-28-23-7-6-19(27)17-22(23)21-8-11-31(25(32)24(21)28)10-3-9-29-12-14-30(15-13-29)20-5-2-4-18(26)16-20/h2,4-7,16-17H,3,8-15H2,1H3. The predicted octanol–water partition coefficient (Wildman–Crippen LogP) is 4.70. The zero-order chi connectivity index (χ0) is 22.2. The number of halogens is 2. The molecule has 2 aliphatic rings. The SMILES string of the molecule is Cn1c2c(c3cc(Cl)ccc31)CCN(CCCN1CCN(c3cccc(Cl)c3)CC1)C2=O. The van der Waals surface area contributed by atoms with E-state index in [1.807, 2.05) is 52.9 Å². The molecule has 0 atom stereocenters. The summed E-state index contributed by atoms with van der Waals surface area (Å²) >= 11 is 12.4. The van der Waals surface area contributed by atoms with Gasteiger partial charge < -0.3 is 14.4 Å². The third-order valence-electron chi connectivity index (χ3n) is 6.84. The van der Waals surface area contributed by atoms with Crippen LogP contribution in [0.1, 0.15) is 22.5 Å². The number of amides is 1. The van der Waals surface area contributed by atoms with E-state index >= 15 is 0 Å². The van der Waals surface area contributed by atoms with Crippen LogP contribution in [-0.4, -0.2) is 66.1 Å². The molecular weight excluding hydrogens is 443 g/mol. The van der Waals surface area contributed by atoms with Gasteiger partial charge in [-0.25, -0.2) is 0 Å². The van der Waals surface area contributed by atoms with Crippen molar-refractivity contribution in [1.29, 1.82) is 0 Å². The molecule has 5 rings (SSSR count). The summed E-state index contributed by atoms with van der Waals surface area (Å²) < 4.78 is 2.03. The van der Waals surface area contributed by atoms with Gasteiger partial charge in [-0.2, -0.15) is 0 Å². The zero-order valence-corrected chi connectivity index (χ0v) is 19.9. The molecule has 0 aliphatic carbocycles. The molecule has 0 saturated carbocycles. The molecule has 3 aromatic rings. The number of piperazine rings is 1. The summed E-state index contributed by atoms with van der Waals surface area (Å²) in [4.78, 5) is 20.2. The van der Waals surface area contributed by atoms with Crippen molar-refractivity contribution in [2.45, 2.75) is 12.8 Å². The molecule has 168 valence electrons. The van der Waals surface area contributed by atoms with E-state index in [2.05, 4.69) is 15.9 Å². The minimum Gasteiger partial charge on any atom is -0.369 e. The van der Waals surface area contributed by atoms with Gasteiger partial charge in [0.05, 0.1) is 0 Å². The second-order valence-corrected chi connectivity index (χ2v) is 9.62. The van der Waals surface area contributed by atoms with Gasteiger partial charge in [-0.05, 0) is 61.3 Å². The molecule has 0 radical (unpaired) electrons. The van der Waals surface area contributed by atoms with Crippen LogP contribution >= 0.6 is 23.2 Å². The Morgan fingerprint density at radius 3 is 2.47 bits per heavy atom. The summed E-state index contributed by atoms with van der Waals surface area (Å²) in [5, 5.41) is 2.62. The fourth-order valence-electron chi connectivity index (χ4n) is 5.12. The Morgan fingerprint density at radius 1 is 0.906 bits per heavy atom. The zero-order valence-electron chi connectivity index (χ0n) is 18.4. The Morgan fingerprint density at radius 2 is 1.69 bits per heavy atom. The normalized spacial score (nSPS) is 17.3. The topological polar surface area (TPSA) is 31.7 Å². The van der Waals surface area contributed by atoms with Crippen LogP contribution in [0.2, 0.25) is 10.0 Å². The number of aryl methyl sites for hydroxylation is 1. The largest absolute Gasteiger partial charge is 0.369 e. The fraction of sp³-hybridized carbons (Fsp3) is 0.400. The average molecular weight is 471 g/mol. The van der Waals surface area contributed by atoms with E-state index in [-0.39, 0.29) is 5.91 Å². The first-order chi connectivity index (χ1) is 15.5. The molecule has 7 heteroatoms. The van der Waals surface area contributed by atoms with E-state index in [0.29, 0.717) is 0 Å². The summed E-state index contributed by atoms with van der Waals surface area (Å²) in [6, 6.07) is 14.0. The fourth-order valence-corrected chi connectivity index (χ4v) is 5.47. The number of carbonyl (C=O) groups is 1. The van der Waals surface area contributed by atoms with E-state index in [4.69, 9.17) is 23.2 Å². The third-order valence-corrected chi connectivity index (χ3v) is 7.31. The van der Waals surface area contributed by atoms with E-state index in [1.165, 1.54) is 5.69 Å². The monoisotopic (exact) mass is 470 g/mol. The first-order valence-corrected chi connectivity index (χ1v) is 12.1. The van der Waals surface area contributed by atoms with E-state index in [0.717, 1.165) is 90.9 Å². The molecule has 1 saturated heterocycles. The van der Waals surface area contributed by atoms with Gasteiger partial charge in [0.2, 0.25) is 0 Å². The quantitative estimate of drug-likeness (QED) is 0.541. The molecule has 0 unspecified atom stereocenters. The molecular formula is C25H28Cl2N4O. The molecule has 3 heterocycles. The lowest BCUT2D eigenvalue weighted by Gasteiger charge is -2.36. The van der Waals surface area contributed by atoms with Crippen LogP contribution in [0.15, 0.2) is 42.5 Å². The Labute approximate surface area is 199 Å². The molecule has 1 aromatic heterocycles. The molecule has 5 nitrogen and oxygen atoms in total. The van der Waals surface area contributed by atoms with Gasteiger partial charge in [0.25, 0.3) is 5.91 Å². The van der Waals surface area contributed by atoms with Gasteiger partial charge in [0, 0.05) is 73.0 Å². The number of aromatic nitrogens is 1. The van der Waals surface area contributed by atoms with Crippen LogP contribution in [0.25, 0.3) is 10.9 Å². The minimum absolute atomic E-state index is 0.145. The highest BCUT2D eigenvalue weighted by atomic mass is 35.5. The molecule has 2 aromatic carbocycles.